The van der Waals surface area contributed by atoms with Crippen LogP contribution in [-0.4, -0.2) is 19.7 Å². The summed E-state index contributed by atoms with van der Waals surface area (Å²) in [5, 5.41) is 11.9. The number of aromatic nitrogens is 4. The Bertz CT molecular complexity index is 733. The summed E-state index contributed by atoms with van der Waals surface area (Å²) < 4.78 is 2.02. The van der Waals surface area contributed by atoms with Crippen LogP contribution in [0.5, 0.6) is 0 Å². The molecule has 3 aromatic rings. The molecule has 0 aliphatic heterocycles. The van der Waals surface area contributed by atoms with Crippen molar-refractivity contribution in [3.05, 3.63) is 46.5 Å². The maximum atomic E-state index is 4.60. The van der Waals surface area contributed by atoms with Crippen molar-refractivity contribution >= 4 is 17.3 Å². The van der Waals surface area contributed by atoms with E-state index >= 15 is 0 Å². The van der Waals surface area contributed by atoms with Crippen LogP contribution in [0.15, 0.2) is 35.3 Å². The molecule has 0 amide bonds. The van der Waals surface area contributed by atoms with E-state index in [0.717, 1.165) is 36.5 Å². The lowest BCUT2D eigenvalue weighted by atomic mass is 10.2. The van der Waals surface area contributed by atoms with Gasteiger partial charge < -0.3 is 5.32 Å². The van der Waals surface area contributed by atoms with Crippen LogP contribution in [0.3, 0.4) is 0 Å². The highest BCUT2D eigenvalue weighted by molar-refractivity contribution is 7.07. The average molecular weight is 313 g/mol. The van der Waals surface area contributed by atoms with Gasteiger partial charge in [-0.1, -0.05) is 6.92 Å². The molecule has 0 unspecified atom stereocenters. The molecule has 3 rings (SSSR count). The van der Waals surface area contributed by atoms with Gasteiger partial charge in [0.25, 0.3) is 0 Å². The van der Waals surface area contributed by atoms with E-state index in [4.69, 9.17) is 0 Å². The molecule has 0 atom stereocenters. The molecule has 6 heteroatoms. The van der Waals surface area contributed by atoms with E-state index in [9.17, 15) is 0 Å². The Morgan fingerprint density at radius 1 is 1.32 bits per heavy atom. The van der Waals surface area contributed by atoms with Gasteiger partial charge in [-0.2, -0.15) is 16.4 Å². The summed E-state index contributed by atoms with van der Waals surface area (Å²) in [6.07, 6.45) is 4.74. The molecule has 0 spiro atoms. The van der Waals surface area contributed by atoms with Gasteiger partial charge in [-0.25, -0.2) is 9.97 Å². The number of nitrogens with zero attached hydrogens (tertiary/aromatic N) is 4. The number of hydrogen-bond acceptors (Lipinski definition) is 5. The van der Waals surface area contributed by atoms with E-state index in [0.29, 0.717) is 5.95 Å². The fraction of sp³-hybridized carbons (Fsp3) is 0.312. The van der Waals surface area contributed by atoms with Crippen molar-refractivity contribution in [1.29, 1.82) is 0 Å². The minimum atomic E-state index is 0.645. The minimum absolute atomic E-state index is 0.645. The maximum absolute atomic E-state index is 4.60. The molecule has 0 radical (unpaired) electrons. The molecule has 0 aromatic carbocycles. The van der Waals surface area contributed by atoms with Gasteiger partial charge in [-0.05, 0) is 41.8 Å². The summed E-state index contributed by atoms with van der Waals surface area (Å²) in [5.41, 5.74) is 4.35. The quantitative estimate of drug-likeness (QED) is 0.753. The third kappa shape index (κ3) is 3.17. The molecule has 1 N–H and O–H groups in total. The smallest absolute Gasteiger partial charge is 0.223 e. The first kappa shape index (κ1) is 14.7. The Labute approximate surface area is 134 Å². The average Bonchev–Trinajstić information content (AvgIpc) is 3.17. The second-order valence-electron chi connectivity index (χ2n) is 5.12. The third-order valence-electron chi connectivity index (χ3n) is 3.50. The Morgan fingerprint density at radius 2 is 2.23 bits per heavy atom. The molecule has 3 heterocycles. The number of rotatable bonds is 6. The Morgan fingerprint density at radius 3 is 3.00 bits per heavy atom. The Balaban J connectivity index is 1.78. The van der Waals surface area contributed by atoms with Crippen LogP contribution >= 0.6 is 11.3 Å². The highest BCUT2D eigenvalue weighted by Gasteiger charge is 2.10. The minimum Gasteiger partial charge on any atom is -0.350 e. The first-order chi connectivity index (χ1) is 10.8. The summed E-state index contributed by atoms with van der Waals surface area (Å²) in [6.45, 7) is 5.90. The van der Waals surface area contributed by atoms with Crippen molar-refractivity contribution in [2.24, 2.45) is 0 Å². The second kappa shape index (κ2) is 6.70. The number of nitrogens with one attached hydrogen (secondary N) is 1. The van der Waals surface area contributed by atoms with Crippen LogP contribution in [0, 0.1) is 6.92 Å². The summed E-state index contributed by atoms with van der Waals surface area (Å²) in [6, 6.07) is 4.02. The van der Waals surface area contributed by atoms with E-state index < -0.39 is 0 Å². The van der Waals surface area contributed by atoms with Crippen molar-refractivity contribution in [2.75, 3.05) is 5.32 Å². The van der Waals surface area contributed by atoms with Crippen LogP contribution < -0.4 is 5.32 Å². The number of hydrogen-bond donors (Lipinski definition) is 1. The molecule has 3 aromatic heterocycles. The predicted octanol–water partition coefficient (Wildman–Crippen LogP) is 3.73. The maximum Gasteiger partial charge on any atom is 0.223 e. The monoisotopic (exact) mass is 313 g/mol. The molecular formula is C16H19N5S. The molecule has 114 valence electrons. The lowest BCUT2D eigenvalue weighted by Gasteiger charge is -2.06. The molecule has 0 saturated heterocycles. The van der Waals surface area contributed by atoms with Crippen molar-refractivity contribution in [2.45, 2.75) is 33.4 Å². The SMILES string of the molecule is CCCn1ncc(-c2ccnc(NCc3ccsc3)n2)c1C. The van der Waals surface area contributed by atoms with E-state index in [1.165, 1.54) is 5.56 Å². The zero-order valence-electron chi connectivity index (χ0n) is 12.8. The van der Waals surface area contributed by atoms with Gasteiger partial charge in [0.05, 0.1) is 11.9 Å². The largest absolute Gasteiger partial charge is 0.350 e. The van der Waals surface area contributed by atoms with Gasteiger partial charge in [0, 0.05) is 30.5 Å². The van der Waals surface area contributed by atoms with E-state index in [1.54, 1.807) is 17.5 Å². The normalized spacial score (nSPS) is 10.8. The van der Waals surface area contributed by atoms with E-state index in [-0.39, 0.29) is 0 Å². The van der Waals surface area contributed by atoms with E-state index in [1.807, 2.05) is 16.9 Å². The van der Waals surface area contributed by atoms with Gasteiger partial charge in [0.1, 0.15) is 0 Å². The van der Waals surface area contributed by atoms with Gasteiger partial charge in [0.15, 0.2) is 0 Å². The van der Waals surface area contributed by atoms with E-state index in [2.05, 4.69) is 51.1 Å². The predicted molar refractivity (Wildman–Crippen MR) is 89.9 cm³/mol. The van der Waals surface area contributed by atoms with Gasteiger partial charge in [-0.3, -0.25) is 4.68 Å². The van der Waals surface area contributed by atoms with Crippen molar-refractivity contribution in [3.63, 3.8) is 0 Å². The first-order valence-corrected chi connectivity index (χ1v) is 8.33. The van der Waals surface area contributed by atoms with Crippen LogP contribution in [0.2, 0.25) is 0 Å². The number of aryl methyl sites for hydroxylation is 1. The molecule has 0 bridgehead atoms. The van der Waals surface area contributed by atoms with Gasteiger partial charge >= 0.3 is 0 Å². The van der Waals surface area contributed by atoms with Crippen molar-refractivity contribution < 1.29 is 0 Å². The molecule has 0 aliphatic carbocycles. The lowest BCUT2D eigenvalue weighted by Crippen LogP contribution is -2.04. The molecule has 0 saturated carbocycles. The summed E-state index contributed by atoms with van der Waals surface area (Å²) in [5.74, 6) is 0.645. The van der Waals surface area contributed by atoms with Crippen LogP contribution in [0.25, 0.3) is 11.3 Å². The highest BCUT2D eigenvalue weighted by Crippen LogP contribution is 2.22. The molecular weight excluding hydrogens is 294 g/mol. The fourth-order valence-corrected chi connectivity index (χ4v) is 2.97. The zero-order valence-corrected chi connectivity index (χ0v) is 13.6. The van der Waals surface area contributed by atoms with Crippen LogP contribution in [0.4, 0.5) is 5.95 Å². The second-order valence-corrected chi connectivity index (χ2v) is 5.90. The standard InChI is InChI=1S/C16H19N5S/c1-3-7-21-12(2)14(10-19-21)15-4-6-17-16(20-15)18-9-13-5-8-22-11-13/h4-6,8,10-11H,3,7,9H2,1-2H3,(H,17,18,20). The fourth-order valence-electron chi connectivity index (χ4n) is 2.30. The van der Waals surface area contributed by atoms with Crippen LogP contribution in [0.1, 0.15) is 24.6 Å². The molecule has 22 heavy (non-hydrogen) atoms. The third-order valence-corrected chi connectivity index (χ3v) is 4.23. The summed E-state index contributed by atoms with van der Waals surface area (Å²) >= 11 is 1.69. The van der Waals surface area contributed by atoms with Crippen molar-refractivity contribution in [3.8, 4) is 11.3 Å². The lowest BCUT2D eigenvalue weighted by molar-refractivity contribution is 0.587. The topological polar surface area (TPSA) is 55.6 Å². The molecule has 0 aliphatic rings. The highest BCUT2D eigenvalue weighted by atomic mass is 32.1. The number of thiophene rings is 1. The summed E-state index contributed by atoms with van der Waals surface area (Å²) in [4.78, 5) is 8.90. The van der Waals surface area contributed by atoms with Gasteiger partial charge in [-0.15, -0.1) is 0 Å². The van der Waals surface area contributed by atoms with Gasteiger partial charge in [0.2, 0.25) is 5.95 Å². The number of anilines is 1. The molecule has 5 nitrogen and oxygen atoms in total. The zero-order chi connectivity index (χ0) is 15.4. The Kier molecular flexibility index (Phi) is 4.48. The van der Waals surface area contributed by atoms with Crippen LogP contribution in [-0.2, 0) is 13.1 Å². The first-order valence-electron chi connectivity index (χ1n) is 7.38. The molecule has 0 fully saturated rings. The summed E-state index contributed by atoms with van der Waals surface area (Å²) in [7, 11) is 0. The van der Waals surface area contributed by atoms with Crippen molar-refractivity contribution in [1.82, 2.24) is 19.7 Å². The Hall–Kier alpha value is -2.21.